The summed E-state index contributed by atoms with van der Waals surface area (Å²) in [7, 11) is 1.54. The summed E-state index contributed by atoms with van der Waals surface area (Å²) in [5.41, 5.74) is 7.60. The first-order valence-corrected chi connectivity index (χ1v) is 14.8. The second-order valence-electron chi connectivity index (χ2n) is 10.6. The van der Waals surface area contributed by atoms with E-state index in [0.717, 1.165) is 39.7 Å². The molecule has 7 rings (SSSR count). The zero-order chi connectivity index (χ0) is 31.3. The number of phenols is 1. The van der Waals surface area contributed by atoms with Gasteiger partial charge >= 0.3 is 0 Å². The van der Waals surface area contributed by atoms with Gasteiger partial charge in [0.05, 0.1) is 7.11 Å². The summed E-state index contributed by atoms with van der Waals surface area (Å²) >= 11 is 0. The number of para-hydroxylation sites is 3. The average molecular weight is 603 g/mol. The Bertz CT molecular complexity index is 1990. The van der Waals surface area contributed by atoms with E-state index in [2.05, 4.69) is 105 Å². The zero-order valence-electron chi connectivity index (χ0n) is 25.1. The maximum absolute atomic E-state index is 10.1. The van der Waals surface area contributed by atoms with Crippen molar-refractivity contribution in [2.24, 2.45) is 0 Å². The van der Waals surface area contributed by atoms with Gasteiger partial charge in [-0.2, -0.15) is 0 Å². The van der Waals surface area contributed by atoms with Crippen LogP contribution in [0.25, 0.3) is 22.9 Å². The van der Waals surface area contributed by atoms with Gasteiger partial charge in [-0.05, 0) is 97.1 Å². The quantitative estimate of drug-likeness (QED) is 0.176. The molecule has 0 aliphatic carbocycles. The molecule has 0 fully saturated rings. The molecule has 1 heterocycles. The second-order valence-corrected chi connectivity index (χ2v) is 10.6. The topological polar surface area (TPSA) is 74.9 Å². The van der Waals surface area contributed by atoms with Crippen molar-refractivity contribution in [1.82, 2.24) is 10.2 Å². The molecule has 0 atom stereocenters. The van der Waals surface area contributed by atoms with E-state index in [1.807, 2.05) is 54.6 Å². The van der Waals surface area contributed by atoms with Crippen LogP contribution in [0.2, 0.25) is 0 Å². The summed E-state index contributed by atoms with van der Waals surface area (Å²) in [6, 6.07) is 52.4. The predicted octanol–water partition coefficient (Wildman–Crippen LogP) is 10.1. The Morgan fingerprint density at radius 3 is 1.30 bits per heavy atom. The average Bonchev–Trinajstić information content (AvgIpc) is 3.61. The first-order chi connectivity index (χ1) is 22.7. The fraction of sp³-hybridized carbons (Fsp3) is 0.0256. The lowest BCUT2D eigenvalue weighted by Gasteiger charge is -2.28. The van der Waals surface area contributed by atoms with E-state index in [4.69, 9.17) is 9.15 Å². The molecule has 1 aromatic heterocycles. The largest absolute Gasteiger partial charge is 0.508 e. The number of aromatic nitrogens is 2. The van der Waals surface area contributed by atoms with Crippen LogP contribution >= 0.6 is 0 Å². The van der Waals surface area contributed by atoms with Crippen molar-refractivity contribution in [2.45, 2.75) is 0 Å². The fourth-order valence-electron chi connectivity index (χ4n) is 5.41. The first-order valence-electron chi connectivity index (χ1n) is 14.8. The Kier molecular flexibility index (Phi) is 7.86. The van der Waals surface area contributed by atoms with Crippen LogP contribution in [0.1, 0.15) is 0 Å². The minimum absolute atomic E-state index is 0.0559. The molecule has 7 aromatic rings. The molecule has 0 saturated carbocycles. The summed E-state index contributed by atoms with van der Waals surface area (Å²) in [4.78, 5) is 4.46. The maximum Gasteiger partial charge on any atom is 0.248 e. The van der Waals surface area contributed by atoms with Gasteiger partial charge < -0.3 is 24.1 Å². The van der Waals surface area contributed by atoms with Crippen LogP contribution in [0.3, 0.4) is 0 Å². The molecule has 7 heteroatoms. The third kappa shape index (κ3) is 5.89. The highest BCUT2D eigenvalue weighted by Crippen LogP contribution is 2.39. The molecule has 0 unspecified atom stereocenters. The molecule has 0 bridgehead atoms. The van der Waals surface area contributed by atoms with Crippen LogP contribution in [-0.4, -0.2) is 22.4 Å². The minimum Gasteiger partial charge on any atom is -0.508 e. The number of ether oxygens (including phenoxy) is 1. The minimum atomic E-state index is 0.0559. The molecule has 46 heavy (non-hydrogen) atoms. The molecule has 0 amide bonds. The van der Waals surface area contributed by atoms with Crippen molar-refractivity contribution >= 4 is 34.1 Å². The molecule has 1 N–H and O–H groups in total. The van der Waals surface area contributed by atoms with Crippen molar-refractivity contribution in [3.63, 3.8) is 0 Å². The van der Waals surface area contributed by atoms with Gasteiger partial charge in [0.15, 0.2) is 0 Å². The second kappa shape index (κ2) is 12.7. The van der Waals surface area contributed by atoms with Crippen molar-refractivity contribution in [2.75, 3.05) is 16.9 Å². The summed E-state index contributed by atoms with van der Waals surface area (Å²) in [6.45, 7) is 0. The van der Waals surface area contributed by atoms with Crippen molar-refractivity contribution in [3.8, 4) is 34.4 Å². The van der Waals surface area contributed by atoms with Crippen LogP contribution in [0.15, 0.2) is 162 Å². The number of aromatic hydroxyl groups is 1. The molecule has 0 spiro atoms. The predicted molar refractivity (Wildman–Crippen MR) is 183 cm³/mol. The number of rotatable bonds is 9. The highest BCUT2D eigenvalue weighted by molar-refractivity contribution is 5.81. The van der Waals surface area contributed by atoms with Gasteiger partial charge in [0, 0.05) is 51.3 Å². The first kappa shape index (κ1) is 28.4. The van der Waals surface area contributed by atoms with Crippen LogP contribution in [-0.2, 0) is 0 Å². The number of hydrogen-bond acceptors (Lipinski definition) is 7. The van der Waals surface area contributed by atoms with E-state index in [1.54, 1.807) is 12.1 Å². The SMILES string of the molecule is COc1cc(O)cc(-c2nnc(-c3ccc(N(c4ccccc4)c4ccc(N(c5ccccc5)c5ccccc5)cc4)cc3)o2)c1. The number of phenolic OH excluding ortho intramolecular Hbond substituents is 1. The number of nitrogens with zero attached hydrogens (tertiary/aromatic N) is 4. The monoisotopic (exact) mass is 602 g/mol. The highest BCUT2D eigenvalue weighted by Gasteiger charge is 2.17. The fourth-order valence-corrected chi connectivity index (χ4v) is 5.41. The lowest BCUT2D eigenvalue weighted by molar-refractivity contribution is 0.407. The Hall–Kier alpha value is -6.34. The summed E-state index contributed by atoms with van der Waals surface area (Å²) in [5, 5.41) is 18.5. The highest BCUT2D eigenvalue weighted by atomic mass is 16.5. The molecule has 7 nitrogen and oxygen atoms in total. The van der Waals surface area contributed by atoms with E-state index < -0.39 is 0 Å². The molecular formula is C39H30N4O3. The molecule has 224 valence electrons. The Labute approximate surface area is 267 Å². The summed E-state index contributed by atoms with van der Waals surface area (Å²) < 4.78 is 11.2. The third-order valence-electron chi connectivity index (χ3n) is 7.58. The number of anilines is 6. The number of methoxy groups -OCH3 is 1. The van der Waals surface area contributed by atoms with Crippen molar-refractivity contribution < 1.29 is 14.3 Å². The van der Waals surface area contributed by atoms with Gasteiger partial charge in [-0.25, -0.2) is 0 Å². The smallest absolute Gasteiger partial charge is 0.248 e. The van der Waals surface area contributed by atoms with Crippen molar-refractivity contribution in [1.29, 1.82) is 0 Å². The van der Waals surface area contributed by atoms with E-state index >= 15 is 0 Å². The molecule has 0 saturated heterocycles. The maximum atomic E-state index is 10.1. The zero-order valence-corrected chi connectivity index (χ0v) is 25.1. The Morgan fingerprint density at radius 2 is 0.870 bits per heavy atom. The van der Waals surface area contributed by atoms with E-state index in [1.165, 1.54) is 13.2 Å². The lowest BCUT2D eigenvalue weighted by Crippen LogP contribution is -2.12. The lowest BCUT2D eigenvalue weighted by atomic mass is 10.1. The normalized spacial score (nSPS) is 10.8. The van der Waals surface area contributed by atoms with Gasteiger partial charge in [-0.15, -0.1) is 10.2 Å². The van der Waals surface area contributed by atoms with Crippen molar-refractivity contribution in [3.05, 3.63) is 158 Å². The molecule has 0 aliphatic heterocycles. The van der Waals surface area contributed by atoms with Crippen LogP contribution in [0.4, 0.5) is 34.1 Å². The number of benzene rings is 6. The Morgan fingerprint density at radius 1 is 0.478 bits per heavy atom. The van der Waals surface area contributed by atoms with Crippen LogP contribution < -0.4 is 14.5 Å². The Balaban J connectivity index is 1.21. The third-order valence-corrected chi connectivity index (χ3v) is 7.58. The van der Waals surface area contributed by atoms with Gasteiger partial charge in [-0.1, -0.05) is 54.6 Å². The summed E-state index contributed by atoms with van der Waals surface area (Å²) in [5.74, 6) is 1.22. The van der Waals surface area contributed by atoms with Gasteiger partial charge in [0.1, 0.15) is 11.5 Å². The summed E-state index contributed by atoms with van der Waals surface area (Å²) in [6.07, 6.45) is 0. The van der Waals surface area contributed by atoms with Crippen LogP contribution in [0, 0.1) is 0 Å². The van der Waals surface area contributed by atoms with E-state index in [-0.39, 0.29) is 5.75 Å². The van der Waals surface area contributed by atoms with Gasteiger partial charge in [-0.3, -0.25) is 0 Å². The standard InChI is InChI=1S/C39H30N4O3/c1-45-37-26-29(25-36(44)27-37)39-41-40-38(46-39)28-17-19-33(20-18-28)43(32-15-9-4-10-16-32)35-23-21-34(22-24-35)42(30-11-5-2-6-12-30)31-13-7-3-8-14-31/h2-27,44H,1H3. The molecule has 0 aliphatic rings. The molecule has 6 aromatic carbocycles. The van der Waals surface area contributed by atoms with Crippen LogP contribution in [0.5, 0.6) is 11.5 Å². The number of hydrogen-bond donors (Lipinski definition) is 1. The van der Waals surface area contributed by atoms with Gasteiger partial charge in [0.25, 0.3) is 0 Å². The van der Waals surface area contributed by atoms with E-state index in [0.29, 0.717) is 23.1 Å². The molecular weight excluding hydrogens is 572 g/mol. The van der Waals surface area contributed by atoms with E-state index in [9.17, 15) is 5.11 Å². The van der Waals surface area contributed by atoms with Gasteiger partial charge in [0.2, 0.25) is 11.8 Å². The molecule has 0 radical (unpaired) electrons.